The van der Waals surface area contributed by atoms with Crippen LogP contribution in [0.3, 0.4) is 0 Å². The smallest absolute Gasteiger partial charge is 0.337 e. The van der Waals surface area contributed by atoms with Gasteiger partial charge in [-0.2, -0.15) is 0 Å². The second-order valence-electron chi connectivity index (χ2n) is 7.74. The molecule has 0 fully saturated rings. The molecule has 174 valence electrons. The minimum Gasteiger partial charge on any atom is -0.478 e. The SMILES string of the molecule is CNC(=O)c1cc(C(=O)O)cn(Cc2cccc3c2ccn3S(=O)(=O)c2ccc(C)cc2)c1=O. The van der Waals surface area contributed by atoms with Crippen LogP contribution in [0.2, 0.25) is 0 Å². The van der Waals surface area contributed by atoms with Crippen LogP contribution in [0.4, 0.5) is 0 Å². The van der Waals surface area contributed by atoms with E-state index in [0.29, 0.717) is 16.5 Å². The van der Waals surface area contributed by atoms with Crippen molar-refractivity contribution in [2.24, 2.45) is 0 Å². The van der Waals surface area contributed by atoms with E-state index >= 15 is 0 Å². The van der Waals surface area contributed by atoms with Gasteiger partial charge in [-0.25, -0.2) is 17.2 Å². The number of aryl methyl sites for hydroxylation is 1. The molecule has 10 heteroatoms. The molecule has 2 aromatic carbocycles. The number of rotatable bonds is 6. The van der Waals surface area contributed by atoms with Crippen molar-refractivity contribution in [1.82, 2.24) is 13.9 Å². The fourth-order valence-electron chi connectivity index (χ4n) is 3.73. The lowest BCUT2D eigenvalue weighted by Gasteiger charge is -2.12. The number of amides is 1. The van der Waals surface area contributed by atoms with Gasteiger partial charge in [-0.3, -0.25) is 9.59 Å². The second-order valence-corrected chi connectivity index (χ2v) is 9.55. The molecule has 4 aromatic rings. The molecule has 0 aliphatic heterocycles. The molecular formula is C24H21N3O6S. The molecule has 2 heterocycles. The Bertz CT molecular complexity index is 1600. The van der Waals surface area contributed by atoms with E-state index in [9.17, 15) is 27.9 Å². The highest BCUT2D eigenvalue weighted by Gasteiger charge is 2.21. The highest BCUT2D eigenvalue weighted by molar-refractivity contribution is 7.90. The van der Waals surface area contributed by atoms with Crippen LogP contribution in [-0.2, 0) is 16.6 Å². The summed E-state index contributed by atoms with van der Waals surface area (Å²) < 4.78 is 28.7. The average Bonchev–Trinajstić information content (AvgIpc) is 3.26. The van der Waals surface area contributed by atoms with E-state index in [1.807, 2.05) is 6.92 Å². The van der Waals surface area contributed by atoms with Crippen molar-refractivity contribution in [1.29, 1.82) is 0 Å². The number of hydrogen-bond acceptors (Lipinski definition) is 5. The molecule has 0 aliphatic rings. The number of carbonyl (C=O) groups is 2. The molecule has 4 rings (SSSR count). The number of carboxylic acid groups (broad SMARTS) is 1. The maximum Gasteiger partial charge on any atom is 0.337 e. The Balaban J connectivity index is 1.83. The van der Waals surface area contributed by atoms with Crippen LogP contribution in [0.1, 0.15) is 31.8 Å². The number of carboxylic acids is 1. The molecule has 0 saturated carbocycles. The highest BCUT2D eigenvalue weighted by atomic mass is 32.2. The number of benzene rings is 2. The van der Waals surface area contributed by atoms with Crippen molar-refractivity contribution in [3.05, 3.63) is 99.6 Å². The molecule has 0 atom stereocenters. The summed E-state index contributed by atoms with van der Waals surface area (Å²) in [6, 6.07) is 14.2. The Morgan fingerprint density at radius 3 is 2.41 bits per heavy atom. The molecule has 9 nitrogen and oxygen atoms in total. The minimum absolute atomic E-state index is 0.0596. The third kappa shape index (κ3) is 3.99. The van der Waals surface area contributed by atoms with Crippen LogP contribution in [0.25, 0.3) is 10.9 Å². The van der Waals surface area contributed by atoms with Crippen molar-refractivity contribution in [2.75, 3.05) is 7.05 Å². The predicted octanol–water partition coefficient (Wildman–Crippen LogP) is 2.45. The zero-order valence-electron chi connectivity index (χ0n) is 18.3. The molecule has 1 amide bonds. The molecule has 2 N–H and O–H groups in total. The van der Waals surface area contributed by atoms with E-state index in [0.717, 1.165) is 22.4 Å². The number of aromatic carboxylic acids is 1. The standard InChI is InChI=1S/C24H21N3O6S/c1-15-6-8-18(9-7-15)34(32,33)27-11-10-19-16(4-3-5-21(19)27)13-26-14-17(24(30)31)12-20(23(26)29)22(28)25-2/h3-12,14H,13H2,1-2H3,(H,25,28)(H,30,31). The summed E-state index contributed by atoms with van der Waals surface area (Å²) in [4.78, 5) is 36.7. The maximum atomic E-state index is 13.2. The molecule has 0 unspecified atom stereocenters. The first-order valence-electron chi connectivity index (χ1n) is 10.2. The Kier molecular flexibility index (Phi) is 5.84. The first kappa shape index (κ1) is 23.0. The summed E-state index contributed by atoms with van der Waals surface area (Å²) in [7, 11) is -2.51. The van der Waals surface area contributed by atoms with Gasteiger partial charge in [-0.05, 0) is 42.8 Å². The molecule has 0 aliphatic carbocycles. The Labute approximate surface area is 194 Å². The zero-order chi connectivity index (χ0) is 24.6. The summed E-state index contributed by atoms with van der Waals surface area (Å²) in [5, 5.41) is 12.3. The van der Waals surface area contributed by atoms with Crippen molar-refractivity contribution in [2.45, 2.75) is 18.4 Å². The van der Waals surface area contributed by atoms with Crippen LogP contribution in [-0.4, -0.2) is 41.0 Å². The average molecular weight is 480 g/mol. The van der Waals surface area contributed by atoms with E-state index in [4.69, 9.17) is 0 Å². The van der Waals surface area contributed by atoms with Gasteiger partial charge in [0.2, 0.25) is 0 Å². The van der Waals surface area contributed by atoms with Gasteiger partial charge in [0, 0.05) is 24.8 Å². The van der Waals surface area contributed by atoms with Crippen LogP contribution < -0.4 is 10.9 Å². The first-order valence-corrected chi connectivity index (χ1v) is 11.7. The topological polar surface area (TPSA) is 127 Å². The van der Waals surface area contributed by atoms with Crippen LogP contribution in [0.15, 0.2) is 76.7 Å². The molecule has 2 aromatic heterocycles. The van der Waals surface area contributed by atoms with E-state index in [1.54, 1.807) is 36.4 Å². The summed E-state index contributed by atoms with van der Waals surface area (Å²) in [5.41, 5.74) is 0.755. The van der Waals surface area contributed by atoms with E-state index in [-0.39, 0.29) is 22.6 Å². The lowest BCUT2D eigenvalue weighted by atomic mass is 10.1. The lowest BCUT2D eigenvalue weighted by Crippen LogP contribution is -2.32. The minimum atomic E-state index is -3.86. The van der Waals surface area contributed by atoms with Crippen LogP contribution >= 0.6 is 0 Å². The van der Waals surface area contributed by atoms with Crippen LogP contribution in [0.5, 0.6) is 0 Å². The van der Waals surface area contributed by atoms with Gasteiger partial charge in [0.05, 0.1) is 22.5 Å². The maximum absolute atomic E-state index is 13.2. The second kappa shape index (κ2) is 8.64. The first-order chi connectivity index (χ1) is 16.1. The third-order valence-corrected chi connectivity index (χ3v) is 7.21. The number of fused-ring (bicyclic) bond motifs is 1. The van der Waals surface area contributed by atoms with Gasteiger partial charge in [0.25, 0.3) is 21.5 Å². The summed E-state index contributed by atoms with van der Waals surface area (Å²) in [6.45, 7) is 1.81. The van der Waals surface area contributed by atoms with Gasteiger partial charge in [0.15, 0.2) is 0 Å². The number of hydrogen-bond donors (Lipinski definition) is 2. The van der Waals surface area contributed by atoms with Crippen molar-refractivity contribution < 1.29 is 23.1 Å². The van der Waals surface area contributed by atoms with Gasteiger partial charge >= 0.3 is 5.97 Å². The molecule has 0 bridgehead atoms. The van der Waals surface area contributed by atoms with Gasteiger partial charge in [-0.15, -0.1) is 0 Å². The van der Waals surface area contributed by atoms with Gasteiger partial charge in [0.1, 0.15) is 5.56 Å². The molecule has 0 spiro atoms. The van der Waals surface area contributed by atoms with E-state index in [1.165, 1.54) is 29.3 Å². The third-order valence-electron chi connectivity index (χ3n) is 5.51. The molecule has 34 heavy (non-hydrogen) atoms. The normalized spacial score (nSPS) is 11.5. The summed E-state index contributed by atoms with van der Waals surface area (Å²) >= 11 is 0. The van der Waals surface area contributed by atoms with E-state index in [2.05, 4.69) is 5.32 Å². The molecular weight excluding hydrogens is 458 g/mol. The predicted molar refractivity (Wildman–Crippen MR) is 126 cm³/mol. The van der Waals surface area contributed by atoms with Gasteiger partial charge < -0.3 is 15.0 Å². The summed E-state index contributed by atoms with van der Waals surface area (Å²) in [6.07, 6.45) is 2.60. The molecule has 0 radical (unpaired) electrons. The van der Waals surface area contributed by atoms with Crippen molar-refractivity contribution in [3.8, 4) is 0 Å². The zero-order valence-corrected chi connectivity index (χ0v) is 19.2. The fraction of sp³-hybridized carbons (Fsp3) is 0.125. The monoisotopic (exact) mass is 479 g/mol. The van der Waals surface area contributed by atoms with Crippen molar-refractivity contribution >= 4 is 32.8 Å². The number of nitrogens with zero attached hydrogens (tertiary/aromatic N) is 2. The quantitative estimate of drug-likeness (QED) is 0.437. The van der Waals surface area contributed by atoms with Gasteiger partial charge in [-0.1, -0.05) is 29.8 Å². The Morgan fingerprint density at radius 2 is 1.76 bits per heavy atom. The Morgan fingerprint density at radius 1 is 1.06 bits per heavy atom. The number of carbonyl (C=O) groups excluding carboxylic acids is 1. The fourth-order valence-corrected chi connectivity index (χ4v) is 5.08. The van der Waals surface area contributed by atoms with Crippen LogP contribution in [0, 0.1) is 6.92 Å². The Hall–Kier alpha value is -4.18. The number of pyridine rings is 1. The largest absolute Gasteiger partial charge is 0.478 e. The number of nitrogens with one attached hydrogen (secondary N) is 1. The summed E-state index contributed by atoms with van der Waals surface area (Å²) in [5.74, 6) is -1.98. The highest BCUT2D eigenvalue weighted by Crippen LogP contribution is 2.25. The van der Waals surface area contributed by atoms with E-state index < -0.39 is 27.5 Å². The lowest BCUT2D eigenvalue weighted by molar-refractivity contribution is 0.0695. The van der Waals surface area contributed by atoms with Crippen molar-refractivity contribution in [3.63, 3.8) is 0 Å². The molecule has 0 saturated heterocycles. The number of aromatic nitrogens is 2.